The molecule has 0 aliphatic carbocycles. The van der Waals surface area contributed by atoms with Crippen LogP contribution in [-0.4, -0.2) is 72.5 Å². The molecule has 8 heteroatoms. The third kappa shape index (κ3) is 6.47. The number of methoxy groups -OCH3 is 1. The lowest BCUT2D eigenvalue weighted by Gasteiger charge is -2.55. The summed E-state index contributed by atoms with van der Waals surface area (Å²) in [7, 11) is 1.71. The molecule has 0 aromatic heterocycles. The fourth-order valence-electron chi connectivity index (χ4n) is 5.86. The van der Waals surface area contributed by atoms with Crippen LogP contribution in [0.4, 0.5) is 0 Å². The number of fused-ring (bicyclic) bond motifs is 4. The lowest BCUT2D eigenvalue weighted by Crippen LogP contribution is -2.60. The molecule has 1 aromatic carbocycles. The predicted molar refractivity (Wildman–Crippen MR) is 125 cm³/mol. The van der Waals surface area contributed by atoms with Crippen LogP contribution < -0.4 is 10.1 Å². The topological polar surface area (TPSA) is 99.2 Å². The highest BCUT2D eigenvalue weighted by atomic mass is 16.5. The van der Waals surface area contributed by atoms with E-state index in [0.29, 0.717) is 36.9 Å². The highest BCUT2D eigenvalue weighted by Gasteiger charge is 2.45. The van der Waals surface area contributed by atoms with Crippen molar-refractivity contribution in [2.75, 3.05) is 33.3 Å². The first-order valence-electron chi connectivity index (χ1n) is 12.0. The van der Waals surface area contributed by atoms with E-state index in [0.717, 1.165) is 31.8 Å². The number of carboxylic acid groups (broad SMARTS) is 1. The van der Waals surface area contributed by atoms with Crippen molar-refractivity contribution in [1.29, 1.82) is 0 Å². The fraction of sp³-hybridized carbons (Fsp3) is 0.640. The number of likely N-dealkylation sites (tertiary alicyclic amines) is 1. The number of carbonyl (C=O) groups excluding carboxylic acids is 2. The average Bonchev–Trinajstić information content (AvgIpc) is 2.82. The minimum absolute atomic E-state index is 0.0289. The zero-order valence-electron chi connectivity index (χ0n) is 19.7. The van der Waals surface area contributed by atoms with Crippen LogP contribution in [0.1, 0.15) is 57.1 Å². The van der Waals surface area contributed by atoms with Crippen molar-refractivity contribution in [1.82, 2.24) is 15.1 Å². The molecule has 1 aromatic rings. The molecule has 3 fully saturated rings. The maximum Gasteiger partial charge on any atom is 0.290 e. The predicted octanol–water partition coefficient (Wildman–Crippen LogP) is 2.69. The lowest BCUT2D eigenvalue weighted by atomic mass is 9.74. The first kappa shape index (κ1) is 25.0. The Hall–Kier alpha value is -2.61. The zero-order chi connectivity index (χ0) is 23.8. The van der Waals surface area contributed by atoms with Crippen molar-refractivity contribution in [3.05, 3.63) is 29.8 Å². The maximum absolute atomic E-state index is 12.8. The Morgan fingerprint density at radius 3 is 2.58 bits per heavy atom. The molecule has 4 atom stereocenters. The number of hydrogen-bond donors (Lipinski definition) is 2. The fourth-order valence-corrected chi connectivity index (χ4v) is 5.86. The van der Waals surface area contributed by atoms with Gasteiger partial charge in [0.15, 0.2) is 0 Å². The zero-order valence-corrected chi connectivity index (χ0v) is 19.7. The van der Waals surface area contributed by atoms with Crippen LogP contribution in [0.15, 0.2) is 24.3 Å². The maximum atomic E-state index is 12.8. The number of ether oxygens (including phenoxy) is 1. The van der Waals surface area contributed by atoms with Crippen molar-refractivity contribution in [3.8, 4) is 5.75 Å². The molecule has 8 nitrogen and oxygen atoms in total. The molecule has 3 saturated heterocycles. The van der Waals surface area contributed by atoms with E-state index >= 15 is 0 Å². The molecular formula is C25H37N3O5. The van der Waals surface area contributed by atoms with E-state index in [9.17, 15) is 9.59 Å². The lowest BCUT2D eigenvalue weighted by molar-refractivity contribution is -0.139. The third-order valence-electron chi connectivity index (χ3n) is 7.18. The van der Waals surface area contributed by atoms with E-state index < -0.39 is 0 Å². The number of carbonyl (C=O) groups is 3. The van der Waals surface area contributed by atoms with Gasteiger partial charge in [0.2, 0.25) is 11.8 Å². The minimum Gasteiger partial charge on any atom is -0.497 e. The molecule has 0 unspecified atom stereocenters. The van der Waals surface area contributed by atoms with Gasteiger partial charge in [0.05, 0.1) is 7.11 Å². The van der Waals surface area contributed by atoms with Crippen molar-refractivity contribution < 1.29 is 24.2 Å². The standard InChI is InChI=1S/C24H35N3O3.CH2O2/c1-17(28)25-12-4-7-24(29)26-14-18-13-20(16-26)23-6-3-5-22(27(23)15-18)19-8-10-21(30-2)11-9-19;2-1-3/h8-11,18,20,22-23H,3-7,12-16H2,1-2H3,(H,25,28);1H,(H,2,3)/t18-,20+,22+,23-;/m0./s1. The van der Waals surface area contributed by atoms with Crippen LogP contribution in [-0.2, 0) is 14.4 Å². The van der Waals surface area contributed by atoms with E-state index in [1.54, 1.807) is 7.11 Å². The Bertz CT molecular complexity index is 800. The molecule has 0 radical (unpaired) electrons. The van der Waals surface area contributed by atoms with Gasteiger partial charge >= 0.3 is 0 Å². The van der Waals surface area contributed by atoms with Crippen LogP contribution >= 0.6 is 0 Å². The summed E-state index contributed by atoms with van der Waals surface area (Å²) in [6.45, 7) is 4.72. The van der Waals surface area contributed by atoms with Gasteiger partial charge in [-0.1, -0.05) is 12.1 Å². The van der Waals surface area contributed by atoms with Crippen LogP contribution in [0.25, 0.3) is 0 Å². The molecule has 2 amide bonds. The molecule has 182 valence electrons. The van der Waals surface area contributed by atoms with Gasteiger partial charge in [-0.05, 0) is 61.6 Å². The number of benzene rings is 1. The number of piperidine rings is 3. The summed E-state index contributed by atoms with van der Waals surface area (Å²) < 4.78 is 5.33. The minimum atomic E-state index is -0.250. The van der Waals surface area contributed by atoms with Crippen molar-refractivity contribution >= 4 is 18.3 Å². The summed E-state index contributed by atoms with van der Waals surface area (Å²) in [5.74, 6) is 2.29. The van der Waals surface area contributed by atoms with Crippen LogP contribution in [0.2, 0.25) is 0 Å². The van der Waals surface area contributed by atoms with E-state index in [-0.39, 0.29) is 18.3 Å². The summed E-state index contributed by atoms with van der Waals surface area (Å²) >= 11 is 0. The smallest absolute Gasteiger partial charge is 0.290 e. The molecule has 3 aliphatic heterocycles. The quantitative estimate of drug-likeness (QED) is 0.501. The summed E-state index contributed by atoms with van der Waals surface area (Å²) in [6.07, 6.45) is 6.22. The Labute approximate surface area is 196 Å². The highest BCUT2D eigenvalue weighted by Crippen LogP contribution is 2.44. The molecule has 2 bridgehead atoms. The summed E-state index contributed by atoms with van der Waals surface area (Å²) in [6, 6.07) is 9.66. The summed E-state index contributed by atoms with van der Waals surface area (Å²) in [4.78, 5) is 37.0. The van der Waals surface area contributed by atoms with Crippen molar-refractivity contribution in [3.63, 3.8) is 0 Å². The normalized spacial score (nSPS) is 26.3. The van der Waals surface area contributed by atoms with Gasteiger partial charge in [-0.3, -0.25) is 19.3 Å². The summed E-state index contributed by atoms with van der Waals surface area (Å²) in [5.41, 5.74) is 1.39. The monoisotopic (exact) mass is 459 g/mol. The van der Waals surface area contributed by atoms with Gasteiger partial charge in [-0.15, -0.1) is 0 Å². The Balaban J connectivity index is 0.000000968. The molecule has 3 heterocycles. The highest BCUT2D eigenvalue weighted by molar-refractivity contribution is 5.76. The van der Waals surface area contributed by atoms with E-state index in [2.05, 4.69) is 39.4 Å². The van der Waals surface area contributed by atoms with E-state index in [1.807, 2.05) is 0 Å². The molecule has 3 aliphatic rings. The average molecular weight is 460 g/mol. The first-order chi connectivity index (χ1) is 16.0. The number of hydrogen-bond acceptors (Lipinski definition) is 5. The van der Waals surface area contributed by atoms with Crippen molar-refractivity contribution in [2.45, 2.75) is 57.5 Å². The number of nitrogens with zero attached hydrogens (tertiary/aromatic N) is 2. The second kappa shape index (κ2) is 12.0. The Kier molecular flexibility index (Phi) is 9.11. The Morgan fingerprint density at radius 1 is 1.18 bits per heavy atom. The number of amides is 2. The molecule has 0 saturated carbocycles. The number of rotatable bonds is 6. The van der Waals surface area contributed by atoms with Gasteiger partial charge < -0.3 is 20.1 Å². The second-order valence-electron chi connectivity index (χ2n) is 9.34. The van der Waals surface area contributed by atoms with Gasteiger partial charge in [0, 0.05) is 51.6 Å². The molecule has 33 heavy (non-hydrogen) atoms. The Morgan fingerprint density at radius 2 is 1.91 bits per heavy atom. The van der Waals surface area contributed by atoms with Gasteiger partial charge in [0.1, 0.15) is 5.75 Å². The molecular weight excluding hydrogens is 422 g/mol. The largest absolute Gasteiger partial charge is 0.497 e. The molecule has 2 N–H and O–H groups in total. The van der Waals surface area contributed by atoms with Gasteiger partial charge in [-0.2, -0.15) is 0 Å². The van der Waals surface area contributed by atoms with Crippen LogP contribution in [0, 0.1) is 11.8 Å². The second-order valence-corrected chi connectivity index (χ2v) is 9.34. The third-order valence-corrected chi connectivity index (χ3v) is 7.18. The number of nitrogens with one attached hydrogen (secondary N) is 1. The SMILES string of the molecule is COc1ccc([C@H]2CCC[C@H]3[C@@H]4C[C@@H](CN(C(=O)CCCNC(C)=O)C4)CN23)cc1.O=CO. The first-order valence-corrected chi connectivity index (χ1v) is 12.0. The van der Waals surface area contributed by atoms with Crippen molar-refractivity contribution in [2.24, 2.45) is 11.8 Å². The van der Waals surface area contributed by atoms with Crippen LogP contribution in [0.5, 0.6) is 5.75 Å². The van der Waals surface area contributed by atoms with E-state index in [1.165, 1.54) is 38.2 Å². The summed E-state index contributed by atoms with van der Waals surface area (Å²) in [5, 5.41) is 9.67. The molecule has 4 rings (SSSR count). The van der Waals surface area contributed by atoms with Gasteiger partial charge in [-0.25, -0.2) is 0 Å². The van der Waals surface area contributed by atoms with E-state index in [4.69, 9.17) is 14.6 Å². The van der Waals surface area contributed by atoms with Crippen LogP contribution in [0.3, 0.4) is 0 Å². The van der Waals surface area contributed by atoms with Gasteiger partial charge in [0.25, 0.3) is 6.47 Å². The molecule has 0 spiro atoms.